The highest BCUT2D eigenvalue weighted by Gasteiger charge is 2.32. The Morgan fingerprint density at radius 1 is 0.750 bits per heavy atom. The minimum absolute atomic E-state index is 0.0573. The molecule has 0 aromatic carbocycles. The number of hydroxylamine groups is 2. The Morgan fingerprint density at radius 2 is 1.18 bits per heavy atom. The van der Waals surface area contributed by atoms with Crippen LogP contribution in [0.25, 0.3) is 0 Å². The monoisotopic (exact) mass is 403 g/mol. The van der Waals surface area contributed by atoms with Gasteiger partial charge in [0.1, 0.15) is 0 Å². The maximum Gasteiger partial charge on any atom is 0.331 e. The zero-order valence-corrected chi connectivity index (χ0v) is 17.2. The number of unbranched alkanes of at least 4 members (excludes halogenated alkanes) is 9. The number of aliphatic carboxylic acids is 2. The first-order valence-corrected chi connectivity index (χ1v) is 10.3. The molecule has 0 saturated carbocycles. The Labute approximate surface area is 167 Å². The van der Waals surface area contributed by atoms with Gasteiger partial charge in [0.05, 0.1) is 12.0 Å². The molecule has 0 heterocycles. The second-order valence-electron chi connectivity index (χ2n) is 7.58. The third-order valence-corrected chi connectivity index (χ3v) is 4.93. The van der Waals surface area contributed by atoms with Crippen LogP contribution < -0.4 is 0 Å². The molecule has 0 radical (unpaired) electrons. The number of rotatable bonds is 17. The van der Waals surface area contributed by atoms with Gasteiger partial charge >= 0.3 is 11.9 Å². The summed E-state index contributed by atoms with van der Waals surface area (Å²) in [7, 11) is 0. The lowest BCUT2D eigenvalue weighted by Crippen LogP contribution is -2.49. The van der Waals surface area contributed by atoms with E-state index in [-0.39, 0.29) is 17.4 Å². The van der Waals surface area contributed by atoms with Gasteiger partial charge in [0.25, 0.3) is 0 Å². The molecule has 0 aliphatic rings. The van der Waals surface area contributed by atoms with E-state index in [0.717, 1.165) is 64.2 Å². The predicted octanol–water partition coefficient (Wildman–Crippen LogP) is 3.44. The highest BCUT2D eigenvalue weighted by Crippen LogP contribution is 2.15. The van der Waals surface area contributed by atoms with E-state index in [9.17, 15) is 24.7 Å². The summed E-state index contributed by atoms with van der Waals surface area (Å²) in [5.41, 5.74) is 0. The summed E-state index contributed by atoms with van der Waals surface area (Å²) in [6.07, 6.45) is 9.47. The summed E-state index contributed by atoms with van der Waals surface area (Å²) in [6, 6.07) is -1.64. The van der Waals surface area contributed by atoms with Crippen LogP contribution in [-0.4, -0.2) is 55.6 Å². The fraction of sp³-hybridized carbons (Fsp3) is 0.850. The van der Waals surface area contributed by atoms with E-state index >= 15 is 0 Å². The van der Waals surface area contributed by atoms with Crippen molar-refractivity contribution in [3.8, 4) is 0 Å². The van der Waals surface area contributed by atoms with Crippen molar-refractivity contribution < 1.29 is 34.9 Å². The van der Waals surface area contributed by atoms with Gasteiger partial charge in [0.15, 0.2) is 6.04 Å². The van der Waals surface area contributed by atoms with Crippen LogP contribution in [0.1, 0.15) is 90.9 Å². The van der Waals surface area contributed by atoms with Gasteiger partial charge in [-0.2, -0.15) is 0 Å². The summed E-state index contributed by atoms with van der Waals surface area (Å²) >= 11 is 0. The second-order valence-corrected chi connectivity index (χ2v) is 7.58. The summed E-state index contributed by atoms with van der Waals surface area (Å²) in [4.78, 5) is 33.5. The van der Waals surface area contributed by atoms with Crippen LogP contribution in [0.3, 0.4) is 0 Å². The number of aliphatic hydroxyl groups excluding tert-OH is 1. The van der Waals surface area contributed by atoms with Crippen LogP contribution in [0.5, 0.6) is 0 Å². The third-order valence-electron chi connectivity index (χ3n) is 4.93. The van der Waals surface area contributed by atoms with Gasteiger partial charge in [0, 0.05) is 6.42 Å². The van der Waals surface area contributed by atoms with E-state index in [0.29, 0.717) is 6.42 Å². The predicted molar refractivity (Wildman–Crippen MR) is 104 cm³/mol. The average Bonchev–Trinajstić information content (AvgIpc) is 2.61. The number of carboxylic acid groups (broad SMARTS) is 2. The van der Waals surface area contributed by atoms with Crippen LogP contribution in [0.15, 0.2) is 0 Å². The number of aliphatic hydroxyl groups is 1. The molecule has 0 fully saturated rings. The average molecular weight is 404 g/mol. The Hall–Kier alpha value is -1.67. The second kappa shape index (κ2) is 15.3. The molecule has 0 saturated heterocycles. The van der Waals surface area contributed by atoms with E-state index < -0.39 is 30.0 Å². The summed E-state index contributed by atoms with van der Waals surface area (Å²) in [5.74, 6) is -3.11. The van der Waals surface area contributed by atoms with Gasteiger partial charge in [-0.25, -0.2) is 9.86 Å². The van der Waals surface area contributed by atoms with Crippen molar-refractivity contribution in [2.75, 3.05) is 0 Å². The number of carbonyl (C=O) groups is 3. The largest absolute Gasteiger partial charge is 0.481 e. The van der Waals surface area contributed by atoms with Gasteiger partial charge in [-0.3, -0.25) is 14.8 Å². The molecule has 28 heavy (non-hydrogen) atoms. The van der Waals surface area contributed by atoms with E-state index in [1.165, 1.54) is 6.92 Å². The molecule has 0 spiro atoms. The molecular weight excluding hydrogens is 366 g/mol. The number of hydrogen-bond donors (Lipinski definition) is 4. The van der Waals surface area contributed by atoms with E-state index in [1.807, 2.05) is 0 Å². The van der Waals surface area contributed by atoms with Gasteiger partial charge in [-0.15, -0.1) is 0 Å². The molecule has 4 N–H and O–H groups in total. The molecule has 0 aliphatic heterocycles. The highest BCUT2D eigenvalue weighted by atomic mass is 16.5. The van der Waals surface area contributed by atoms with Crippen molar-refractivity contribution in [3.63, 3.8) is 0 Å². The molecule has 8 nitrogen and oxygen atoms in total. The Morgan fingerprint density at radius 3 is 1.57 bits per heavy atom. The van der Waals surface area contributed by atoms with Crippen molar-refractivity contribution in [2.45, 2.75) is 103 Å². The number of carboxylic acids is 2. The lowest BCUT2D eigenvalue weighted by molar-refractivity contribution is -0.194. The molecule has 164 valence electrons. The number of amides is 1. The maximum atomic E-state index is 11.8. The highest BCUT2D eigenvalue weighted by molar-refractivity contribution is 5.83. The summed E-state index contributed by atoms with van der Waals surface area (Å²) < 4.78 is 0. The van der Waals surface area contributed by atoms with Crippen molar-refractivity contribution in [1.29, 1.82) is 0 Å². The molecular formula is C20H37NO7. The minimum Gasteiger partial charge on any atom is -0.481 e. The molecule has 3 atom stereocenters. The minimum atomic E-state index is -1.64. The Bertz CT molecular complexity index is 467. The number of carbonyl (C=O) groups excluding carboxylic acids is 1. The lowest BCUT2D eigenvalue weighted by atomic mass is 10.0. The van der Waals surface area contributed by atoms with Gasteiger partial charge in [0.2, 0.25) is 5.91 Å². The Kier molecular flexibility index (Phi) is 14.4. The van der Waals surface area contributed by atoms with E-state index in [1.54, 1.807) is 6.92 Å². The van der Waals surface area contributed by atoms with Crippen LogP contribution in [-0.2, 0) is 14.4 Å². The zero-order valence-electron chi connectivity index (χ0n) is 17.2. The van der Waals surface area contributed by atoms with Gasteiger partial charge in [-0.1, -0.05) is 64.7 Å². The van der Waals surface area contributed by atoms with Crippen LogP contribution in [0.4, 0.5) is 0 Å². The van der Waals surface area contributed by atoms with Gasteiger partial charge < -0.3 is 15.3 Å². The smallest absolute Gasteiger partial charge is 0.331 e. The Balaban J connectivity index is 3.60. The molecule has 1 amide bonds. The van der Waals surface area contributed by atoms with Gasteiger partial charge in [-0.05, 0) is 19.8 Å². The fourth-order valence-corrected chi connectivity index (χ4v) is 3.05. The molecule has 0 aromatic rings. The van der Waals surface area contributed by atoms with Crippen molar-refractivity contribution in [3.05, 3.63) is 0 Å². The zero-order chi connectivity index (χ0) is 21.5. The molecule has 0 bridgehead atoms. The quantitative estimate of drug-likeness (QED) is 0.166. The molecule has 0 aromatic heterocycles. The van der Waals surface area contributed by atoms with Crippen LogP contribution in [0.2, 0.25) is 0 Å². The molecule has 0 rings (SSSR count). The summed E-state index contributed by atoms with van der Waals surface area (Å²) in [6.45, 7) is 2.96. The first-order chi connectivity index (χ1) is 13.2. The number of nitrogens with zero attached hydrogens (tertiary/aromatic N) is 1. The SMILES string of the molecule is CC(CCCCCCCCCCCCC(=O)N(O)[C@@H](C(=O)O)[C@@H](C)O)C(=O)O. The first kappa shape index (κ1) is 26.3. The molecule has 8 heteroatoms. The van der Waals surface area contributed by atoms with Crippen LogP contribution >= 0.6 is 0 Å². The summed E-state index contributed by atoms with van der Waals surface area (Å²) in [5, 5.41) is 36.9. The first-order valence-electron chi connectivity index (χ1n) is 10.3. The standard InChI is InChI=1S/C20H37NO7/c1-15(19(24)25)13-11-9-7-5-3-4-6-8-10-12-14-17(23)21(28)18(16(2)22)20(26)27/h15-16,18,22,28H,3-14H2,1-2H3,(H,24,25)(H,26,27)/t15?,16-,18-/m1/s1. The lowest BCUT2D eigenvalue weighted by Gasteiger charge is -2.24. The third kappa shape index (κ3) is 11.9. The topological polar surface area (TPSA) is 135 Å². The van der Waals surface area contributed by atoms with Crippen LogP contribution in [0, 0.1) is 5.92 Å². The fourth-order valence-electron chi connectivity index (χ4n) is 3.05. The van der Waals surface area contributed by atoms with Crippen molar-refractivity contribution in [1.82, 2.24) is 5.06 Å². The van der Waals surface area contributed by atoms with E-state index in [4.69, 9.17) is 10.2 Å². The molecule has 0 aliphatic carbocycles. The van der Waals surface area contributed by atoms with E-state index in [2.05, 4.69) is 0 Å². The normalized spacial score (nSPS) is 14.3. The molecule has 1 unspecified atom stereocenters. The number of hydrogen-bond acceptors (Lipinski definition) is 5. The maximum absolute atomic E-state index is 11.8. The van der Waals surface area contributed by atoms with Crippen molar-refractivity contribution in [2.24, 2.45) is 5.92 Å². The van der Waals surface area contributed by atoms with Crippen molar-refractivity contribution >= 4 is 17.8 Å².